The van der Waals surface area contributed by atoms with E-state index < -0.39 is 0 Å². The van der Waals surface area contributed by atoms with Crippen LogP contribution < -0.4 is 10.1 Å². The van der Waals surface area contributed by atoms with E-state index in [4.69, 9.17) is 16.3 Å². The first-order valence-corrected chi connectivity index (χ1v) is 9.35. The van der Waals surface area contributed by atoms with Crippen LogP contribution in [0.4, 0.5) is 0 Å². The molecule has 1 N–H and O–H groups in total. The number of amides is 1. The molecule has 0 aliphatic carbocycles. The van der Waals surface area contributed by atoms with Gasteiger partial charge in [-0.1, -0.05) is 29.8 Å². The van der Waals surface area contributed by atoms with Gasteiger partial charge in [-0.05, 0) is 30.7 Å². The largest absolute Gasteiger partial charge is 0.485 e. The average molecular weight is 388 g/mol. The third-order valence-corrected chi connectivity index (χ3v) is 4.86. The number of aryl methyl sites for hydroxylation is 1. The van der Waals surface area contributed by atoms with Crippen molar-refractivity contribution >= 4 is 28.8 Å². The van der Waals surface area contributed by atoms with E-state index in [-0.39, 0.29) is 12.3 Å². The highest BCUT2D eigenvalue weighted by Gasteiger charge is 2.09. The van der Waals surface area contributed by atoms with Gasteiger partial charge in [0.25, 0.3) is 0 Å². The number of thiazole rings is 1. The molecule has 0 bridgehead atoms. The van der Waals surface area contributed by atoms with Crippen molar-refractivity contribution in [2.24, 2.45) is 0 Å². The van der Waals surface area contributed by atoms with Gasteiger partial charge in [0, 0.05) is 22.6 Å². The number of halogens is 1. The van der Waals surface area contributed by atoms with Gasteiger partial charge in [0.15, 0.2) is 0 Å². The molecule has 0 aliphatic rings. The number of aromatic nitrogens is 2. The van der Waals surface area contributed by atoms with Crippen molar-refractivity contribution in [1.82, 2.24) is 15.3 Å². The number of nitrogens with zero attached hydrogens (tertiary/aromatic N) is 2. The topological polar surface area (TPSA) is 64.1 Å². The lowest BCUT2D eigenvalue weighted by Crippen LogP contribution is -2.24. The molecule has 3 rings (SSSR count). The fourth-order valence-corrected chi connectivity index (χ4v) is 3.15. The number of nitrogens with one attached hydrogen (secondary N) is 1. The summed E-state index contributed by atoms with van der Waals surface area (Å²) in [6.07, 6.45) is 1.92. The molecule has 0 spiro atoms. The summed E-state index contributed by atoms with van der Waals surface area (Å²) < 4.78 is 5.65. The van der Waals surface area contributed by atoms with Gasteiger partial charge in [-0.3, -0.25) is 9.78 Å². The monoisotopic (exact) mass is 387 g/mol. The molecule has 1 aromatic carbocycles. The Morgan fingerprint density at radius 3 is 2.88 bits per heavy atom. The van der Waals surface area contributed by atoms with Crippen molar-refractivity contribution < 1.29 is 9.53 Å². The predicted molar refractivity (Wildman–Crippen MR) is 102 cm³/mol. The minimum atomic E-state index is -0.0922. The first-order chi connectivity index (χ1) is 12.6. The second kappa shape index (κ2) is 8.78. The molecular formula is C19H18ClN3O2S. The van der Waals surface area contributed by atoms with Gasteiger partial charge >= 0.3 is 0 Å². The summed E-state index contributed by atoms with van der Waals surface area (Å²) in [7, 11) is 0. The van der Waals surface area contributed by atoms with Gasteiger partial charge in [-0.2, -0.15) is 0 Å². The van der Waals surface area contributed by atoms with Crippen LogP contribution in [0.2, 0.25) is 5.02 Å². The first kappa shape index (κ1) is 18.4. The number of benzene rings is 1. The quantitative estimate of drug-likeness (QED) is 0.667. The van der Waals surface area contributed by atoms with Crippen LogP contribution in [0.1, 0.15) is 22.0 Å². The van der Waals surface area contributed by atoms with E-state index in [0.29, 0.717) is 23.9 Å². The summed E-state index contributed by atoms with van der Waals surface area (Å²) in [5, 5.41) is 6.20. The van der Waals surface area contributed by atoms with Crippen LogP contribution in [-0.2, 0) is 24.4 Å². The number of carbonyl (C=O) groups is 1. The van der Waals surface area contributed by atoms with Crippen LogP contribution in [0.3, 0.4) is 0 Å². The third kappa shape index (κ3) is 5.28. The van der Waals surface area contributed by atoms with Crippen LogP contribution in [0.25, 0.3) is 0 Å². The lowest BCUT2D eigenvalue weighted by Gasteiger charge is -2.06. The summed E-state index contributed by atoms with van der Waals surface area (Å²) in [6.45, 7) is 2.68. The molecule has 2 aromatic heterocycles. The van der Waals surface area contributed by atoms with E-state index in [2.05, 4.69) is 15.3 Å². The molecule has 7 heteroatoms. The Morgan fingerprint density at radius 1 is 1.27 bits per heavy atom. The van der Waals surface area contributed by atoms with E-state index in [1.807, 2.05) is 42.6 Å². The van der Waals surface area contributed by atoms with E-state index >= 15 is 0 Å². The molecule has 0 saturated carbocycles. The summed E-state index contributed by atoms with van der Waals surface area (Å²) in [5.74, 6) is 0.607. The lowest BCUT2D eigenvalue weighted by atomic mass is 10.2. The van der Waals surface area contributed by atoms with Gasteiger partial charge < -0.3 is 10.1 Å². The minimum Gasteiger partial charge on any atom is -0.485 e. The van der Waals surface area contributed by atoms with Gasteiger partial charge in [-0.15, -0.1) is 11.3 Å². The van der Waals surface area contributed by atoms with Crippen LogP contribution >= 0.6 is 22.9 Å². The van der Waals surface area contributed by atoms with E-state index in [9.17, 15) is 4.79 Å². The molecule has 0 fully saturated rings. The van der Waals surface area contributed by atoms with Crippen LogP contribution in [0.5, 0.6) is 5.75 Å². The number of ether oxygens (including phenoxy) is 1. The molecule has 3 aromatic rings. The van der Waals surface area contributed by atoms with Gasteiger partial charge in [-0.25, -0.2) is 4.98 Å². The molecule has 5 nitrogen and oxygen atoms in total. The zero-order valence-electron chi connectivity index (χ0n) is 14.2. The van der Waals surface area contributed by atoms with Crippen molar-refractivity contribution in [3.05, 3.63) is 75.0 Å². The van der Waals surface area contributed by atoms with Crippen molar-refractivity contribution in [2.45, 2.75) is 26.5 Å². The number of rotatable bonds is 7. The van der Waals surface area contributed by atoms with Crippen molar-refractivity contribution in [3.8, 4) is 5.75 Å². The molecule has 0 radical (unpaired) electrons. The Kier molecular flexibility index (Phi) is 6.20. The molecule has 26 heavy (non-hydrogen) atoms. The number of hydrogen-bond donors (Lipinski definition) is 1. The Bertz CT molecular complexity index is 881. The Balaban J connectivity index is 1.47. The molecule has 134 valence electrons. The molecule has 0 unspecified atom stereocenters. The minimum absolute atomic E-state index is 0.0922. The molecule has 0 aliphatic heterocycles. The third-order valence-electron chi connectivity index (χ3n) is 3.62. The fourth-order valence-electron chi connectivity index (χ4n) is 2.24. The summed E-state index contributed by atoms with van der Waals surface area (Å²) in [6, 6.07) is 11.2. The van der Waals surface area contributed by atoms with Gasteiger partial charge in [0.05, 0.1) is 18.3 Å². The van der Waals surface area contributed by atoms with Gasteiger partial charge in [0.2, 0.25) is 5.91 Å². The number of carbonyl (C=O) groups excluding carboxylic acids is 1. The molecule has 0 saturated heterocycles. The summed E-state index contributed by atoms with van der Waals surface area (Å²) >= 11 is 7.56. The average Bonchev–Trinajstić information content (AvgIpc) is 3.08. The fraction of sp³-hybridized carbons (Fsp3) is 0.211. The molecule has 2 heterocycles. The Hall–Kier alpha value is -2.44. The highest BCUT2D eigenvalue weighted by molar-refractivity contribution is 7.09. The van der Waals surface area contributed by atoms with E-state index in [1.165, 1.54) is 11.3 Å². The molecular weight excluding hydrogens is 370 g/mol. The van der Waals surface area contributed by atoms with Crippen molar-refractivity contribution in [1.29, 1.82) is 0 Å². The van der Waals surface area contributed by atoms with E-state index in [1.54, 1.807) is 12.3 Å². The number of hydrogen-bond acceptors (Lipinski definition) is 5. The van der Waals surface area contributed by atoms with Gasteiger partial charge in [0.1, 0.15) is 17.4 Å². The second-order valence-corrected chi connectivity index (χ2v) is 7.05. The summed E-state index contributed by atoms with van der Waals surface area (Å²) in [5.41, 5.74) is 2.56. The van der Waals surface area contributed by atoms with E-state index in [0.717, 1.165) is 22.0 Å². The zero-order valence-corrected chi connectivity index (χ0v) is 15.8. The standard InChI is InChI=1S/C19H18ClN3O2S/c1-13-6-7-16(10-21-13)25-11-19-23-15(12-26-19)8-18(24)22-9-14-4-2-3-5-17(14)20/h2-7,10,12H,8-9,11H2,1H3,(H,22,24). The Labute approximate surface area is 161 Å². The Morgan fingerprint density at radius 2 is 2.12 bits per heavy atom. The highest BCUT2D eigenvalue weighted by Crippen LogP contribution is 2.16. The van der Waals surface area contributed by atoms with Crippen molar-refractivity contribution in [3.63, 3.8) is 0 Å². The maximum atomic E-state index is 12.1. The highest BCUT2D eigenvalue weighted by atomic mass is 35.5. The van der Waals surface area contributed by atoms with Crippen LogP contribution in [0, 0.1) is 6.92 Å². The SMILES string of the molecule is Cc1ccc(OCc2nc(CC(=O)NCc3ccccc3Cl)cs2)cn1. The zero-order chi connectivity index (χ0) is 18.4. The predicted octanol–water partition coefficient (Wildman–Crippen LogP) is 3.94. The smallest absolute Gasteiger partial charge is 0.226 e. The van der Waals surface area contributed by atoms with Crippen LogP contribution in [-0.4, -0.2) is 15.9 Å². The maximum absolute atomic E-state index is 12.1. The van der Waals surface area contributed by atoms with Crippen LogP contribution in [0.15, 0.2) is 48.0 Å². The molecule has 1 amide bonds. The lowest BCUT2D eigenvalue weighted by molar-refractivity contribution is -0.120. The maximum Gasteiger partial charge on any atom is 0.226 e. The molecule has 0 atom stereocenters. The second-order valence-electron chi connectivity index (χ2n) is 5.70. The number of pyridine rings is 1. The summed E-state index contributed by atoms with van der Waals surface area (Å²) in [4.78, 5) is 20.7. The van der Waals surface area contributed by atoms with Crippen molar-refractivity contribution in [2.75, 3.05) is 0 Å². The normalized spacial score (nSPS) is 10.5. The first-order valence-electron chi connectivity index (χ1n) is 8.09.